The topological polar surface area (TPSA) is 118 Å². The second-order valence-electron chi connectivity index (χ2n) is 7.33. The normalized spacial score (nSPS) is 12.0. The van der Waals surface area contributed by atoms with Gasteiger partial charge in [0.2, 0.25) is 0 Å². The quantitative estimate of drug-likeness (QED) is 0.375. The molecule has 0 N–H and O–H groups in total. The summed E-state index contributed by atoms with van der Waals surface area (Å²) in [6.07, 6.45) is 0. The molecule has 0 aliphatic heterocycles. The van der Waals surface area contributed by atoms with Gasteiger partial charge in [-0.05, 0) is 43.3 Å². The largest absolute Gasteiger partial charge is 0.461 e. The van der Waals surface area contributed by atoms with Crippen LogP contribution in [0.4, 0.5) is 0 Å². The number of ether oxygens (including phenoxy) is 1. The molecule has 3 aromatic heterocycles. The number of esters is 1. The first-order valence-corrected chi connectivity index (χ1v) is 10.3. The molecule has 3 aromatic carbocycles. The Bertz CT molecular complexity index is 1450. The maximum atomic E-state index is 14.0. The lowest BCUT2D eigenvalue weighted by molar-refractivity contribution is -0.160. The second-order valence-corrected chi connectivity index (χ2v) is 7.33. The molecule has 0 radical (unpaired) electrons. The Labute approximate surface area is 186 Å². The fourth-order valence-electron chi connectivity index (χ4n) is 4.05. The molecule has 0 fully saturated rings. The van der Waals surface area contributed by atoms with Crippen molar-refractivity contribution < 1.29 is 9.53 Å². The van der Waals surface area contributed by atoms with Crippen LogP contribution in [0.15, 0.2) is 72.8 Å². The van der Waals surface area contributed by atoms with E-state index in [1.807, 2.05) is 72.8 Å². The van der Waals surface area contributed by atoms with E-state index in [1.54, 1.807) is 6.92 Å². The molecule has 11 nitrogen and oxygen atoms in total. The number of carbonyl (C=O) groups is 1. The summed E-state index contributed by atoms with van der Waals surface area (Å²) in [5.74, 6) is -2.52. The van der Waals surface area contributed by atoms with E-state index in [4.69, 9.17) is 4.74 Å². The Balaban J connectivity index is 1.82. The first kappa shape index (κ1) is 19.0. The van der Waals surface area contributed by atoms with Crippen molar-refractivity contribution in [3.63, 3.8) is 0 Å². The number of carbonyl (C=O) groups excluding carboxylic acids is 1. The second kappa shape index (κ2) is 7.19. The molecular formula is C22H17N9O2. The number of rotatable bonds is 5. The summed E-state index contributed by atoms with van der Waals surface area (Å²) in [7, 11) is 0. The summed E-state index contributed by atoms with van der Waals surface area (Å²) < 4.78 is 10.0. The number of nitrogens with zero attached hydrogens (tertiary/aromatic N) is 9. The molecular weight excluding hydrogens is 422 g/mol. The Morgan fingerprint density at radius 1 is 0.697 bits per heavy atom. The summed E-state index contributed by atoms with van der Waals surface area (Å²) >= 11 is 0. The first-order chi connectivity index (χ1) is 16.2. The van der Waals surface area contributed by atoms with E-state index in [0.29, 0.717) is 33.1 Å². The molecule has 3 heterocycles. The van der Waals surface area contributed by atoms with Crippen LogP contribution in [0, 0.1) is 0 Å². The maximum absolute atomic E-state index is 14.0. The number of hydrogen-bond acceptors (Lipinski definition) is 8. The molecule has 6 rings (SSSR count). The van der Waals surface area contributed by atoms with Gasteiger partial charge in [-0.15, -0.1) is 15.3 Å². The average molecular weight is 439 g/mol. The third-order valence-electron chi connectivity index (χ3n) is 5.49. The molecule has 0 saturated heterocycles. The standard InChI is InChI=1S/C22H17N9O2/c1-2-33-21(32)22(29-18-12-6-3-9-15(18)23-26-29,30-19-13-7-4-10-16(19)24-27-30)31-20-14-8-5-11-17(20)25-28-31/h3-14H,2H2,1H3. The summed E-state index contributed by atoms with van der Waals surface area (Å²) in [5, 5.41) is 26.0. The third kappa shape index (κ3) is 2.59. The molecule has 0 atom stereocenters. The zero-order valence-electron chi connectivity index (χ0n) is 17.5. The highest BCUT2D eigenvalue weighted by atomic mass is 16.5. The van der Waals surface area contributed by atoms with Gasteiger partial charge in [0.15, 0.2) is 0 Å². The van der Waals surface area contributed by atoms with E-state index in [0.717, 1.165) is 0 Å². The zero-order valence-corrected chi connectivity index (χ0v) is 17.5. The molecule has 11 heteroatoms. The summed E-state index contributed by atoms with van der Waals surface area (Å²) in [5.41, 5.74) is 3.55. The SMILES string of the molecule is CCOC(=O)C(n1nnc2ccccc21)(n1nnc2ccccc21)n1nnc2ccccc21. The lowest BCUT2D eigenvalue weighted by Gasteiger charge is -2.32. The van der Waals surface area contributed by atoms with Crippen LogP contribution in [-0.2, 0) is 15.3 Å². The third-order valence-corrected chi connectivity index (χ3v) is 5.49. The van der Waals surface area contributed by atoms with Crippen molar-refractivity contribution in [1.29, 1.82) is 0 Å². The van der Waals surface area contributed by atoms with Gasteiger partial charge in [0.05, 0.1) is 23.2 Å². The maximum Gasteiger partial charge on any atom is 0.381 e. The number of hydrogen-bond donors (Lipinski definition) is 0. The van der Waals surface area contributed by atoms with Gasteiger partial charge >= 0.3 is 11.8 Å². The van der Waals surface area contributed by atoms with Crippen LogP contribution in [0.5, 0.6) is 0 Å². The lowest BCUT2D eigenvalue weighted by atomic mass is 10.2. The van der Waals surface area contributed by atoms with Gasteiger partial charge in [-0.25, -0.2) is 4.79 Å². The number of benzene rings is 3. The highest BCUT2D eigenvalue weighted by molar-refractivity contribution is 5.87. The van der Waals surface area contributed by atoms with Gasteiger partial charge in [0.25, 0.3) is 0 Å². The fourth-order valence-corrected chi connectivity index (χ4v) is 4.05. The molecule has 0 saturated carbocycles. The van der Waals surface area contributed by atoms with Crippen molar-refractivity contribution in [2.45, 2.75) is 12.7 Å². The van der Waals surface area contributed by atoms with E-state index in [2.05, 4.69) is 30.9 Å². The molecule has 33 heavy (non-hydrogen) atoms. The van der Waals surface area contributed by atoms with Crippen LogP contribution in [-0.4, -0.2) is 57.6 Å². The van der Waals surface area contributed by atoms with E-state index in [1.165, 1.54) is 14.0 Å². The van der Waals surface area contributed by atoms with Gasteiger partial charge < -0.3 is 4.74 Å². The van der Waals surface area contributed by atoms with Crippen LogP contribution in [0.2, 0.25) is 0 Å². The molecule has 0 amide bonds. The Hall–Kier alpha value is -4.67. The van der Waals surface area contributed by atoms with Gasteiger partial charge in [-0.3, -0.25) is 0 Å². The first-order valence-electron chi connectivity index (χ1n) is 10.3. The highest BCUT2D eigenvalue weighted by Gasteiger charge is 2.52. The van der Waals surface area contributed by atoms with Crippen LogP contribution in [0.25, 0.3) is 33.1 Å². The summed E-state index contributed by atoms with van der Waals surface area (Å²) in [6.45, 7) is 1.87. The minimum Gasteiger partial charge on any atom is -0.461 e. The molecule has 0 aliphatic carbocycles. The number of fused-ring (bicyclic) bond motifs is 3. The Morgan fingerprint density at radius 2 is 1.06 bits per heavy atom. The summed E-state index contributed by atoms with van der Waals surface area (Å²) in [6, 6.07) is 22.0. The van der Waals surface area contributed by atoms with E-state index in [9.17, 15) is 4.79 Å². The lowest BCUT2D eigenvalue weighted by Crippen LogP contribution is -2.56. The van der Waals surface area contributed by atoms with E-state index < -0.39 is 11.8 Å². The zero-order chi connectivity index (χ0) is 22.4. The van der Waals surface area contributed by atoms with Gasteiger partial charge in [-0.2, -0.15) is 14.0 Å². The molecule has 0 spiro atoms. The Kier molecular flexibility index (Phi) is 4.15. The molecule has 0 aliphatic rings. The smallest absolute Gasteiger partial charge is 0.381 e. The van der Waals surface area contributed by atoms with Crippen molar-refractivity contribution in [3.8, 4) is 0 Å². The molecule has 6 aromatic rings. The minimum absolute atomic E-state index is 0.131. The average Bonchev–Trinajstić information content (AvgIpc) is 3.58. The predicted molar refractivity (Wildman–Crippen MR) is 118 cm³/mol. The molecule has 0 unspecified atom stereocenters. The van der Waals surface area contributed by atoms with Crippen LogP contribution >= 0.6 is 0 Å². The van der Waals surface area contributed by atoms with Gasteiger partial charge in [0.1, 0.15) is 16.6 Å². The predicted octanol–water partition coefficient (Wildman–Crippen LogP) is 2.19. The minimum atomic E-state index is -1.86. The molecule has 0 bridgehead atoms. The van der Waals surface area contributed by atoms with Crippen molar-refractivity contribution in [2.24, 2.45) is 0 Å². The highest BCUT2D eigenvalue weighted by Crippen LogP contribution is 2.31. The van der Waals surface area contributed by atoms with Gasteiger partial charge in [-0.1, -0.05) is 52.0 Å². The fraction of sp³-hybridized carbons (Fsp3) is 0.136. The van der Waals surface area contributed by atoms with Crippen LogP contribution < -0.4 is 0 Å². The van der Waals surface area contributed by atoms with Crippen LogP contribution in [0.3, 0.4) is 0 Å². The summed E-state index contributed by atoms with van der Waals surface area (Å²) in [4.78, 5) is 14.0. The van der Waals surface area contributed by atoms with Crippen molar-refractivity contribution in [3.05, 3.63) is 72.8 Å². The van der Waals surface area contributed by atoms with Crippen molar-refractivity contribution in [2.75, 3.05) is 6.61 Å². The number of para-hydroxylation sites is 3. The monoisotopic (exact) mass is 439 g/mol. The van der Waals surface area contributed by atoms with Crippen LogP contribution in [0.1, 0.15) is 6.92 Å². The Morgan fingerprint density at radius 3 is 1.42 bits per heavy atom. The van der Waals surface area contributed by atoms with E-state index >= 15 is 0 Å². The van der Waals surface area contributed by atoms with E-state index in [-0.39, 0.29) is 6.61 Å². The molecule has 162 valence electrons. The van der Waals surface area contributed by atoms with Gasteiger partial charge in [0, 0.05) is 0 Å². The van der Waals surface area contributed by atoms with Crippen molar-refractivity contribution in [1.82, 2.24) is 45.0 Å². The number of aromatic nitrogens is 9. The van der Waals surface area contributed by atoms with Crippen molar-refractivity contribution >= 4 is 39.1 Å².